The van der Waals surface area contributed by atoms with Gasteiger partial charge in [0, 0.05) is 0 Å². The van der Waals surface area contributed by atoms with Gasteiger partial charge in [-0.1, -0.05) is 85.5 Å². The van der Waals surface area contributed by atoms with E-state index in [2.05, 4.69) is 34.1 Å². The highest BCUT2D eigenvalue weighted by molar-refractivity contribution is 4.67. The molecule has 0 nitrogen and oxygen atoms in total. The zero-order valence-corrected chi connectivity index (χ0v) is 12.8. The van der Waals surface area contributed by atoms with E-state index in [1.54, 1.807) is 0 Å². The molecule has 0 aromatic heterocycles. The van der Waals surface area contributed by atoms with Crippen LogP contribution in [0.5, 0.6) is 0 Å². The minimum absolute atomic E-state index is 0.931. The van der Waals surface area contributed by atoms with Crippen LogP contribution in [0.1, 0.15) is 91.9 Å². The summed E-state index contributed by atoms with van der Waals surface area (Å²) in [5.74, 6) is 1.88. The molecule has 0 N–H and O–H groups in total. The summed E-state index contributed by atoms with van der Waals surface area (Å²) in [6, 6.07) is 0. The van der Waals surface area contributed by atoms with Crippen LogP contribution in [0.2, 0.25) is 0 Å². The van der Waals surface area contributed by atoms with Gasteiger partial charge in [-0.05, 0) is 24.7 Å². The summed E-state index contributed by atoms with van der Waals surface area (Å²) in [5, 5.41) is 0. The minimum Gasteiger partial charge on any atom is -0.0654 e. The molecule has 0 aliphatic rings. The van der Waals surface area contributed by atoms with Gasteiger partial charge in [-0.15, -0.1) is 0 Å². The molecule has 0 heterocycles. The van der Waals surface area contributed by atoms with Gasteiger partial charge in [0.15, 0.2) is 0 Å². The van der Waals surface area contributed by atoms with Crippen molar-refractivity contribution < 1.29 is 0 Å². The monoisotopic (exact) mass is 239 g/mol. The van der Waals surface area contributed by atoms with Crippen LogP contribution in [-0.4, -0.2) is 0 Å². The standard InChI is InChI=1S/C17H35/c1-5-12-16(3)14-10-8-7-9-11-15-17(4)13-6-2/h8,16-17H,5-7,9-15H2,1-4H3. The van der Waals surface area contributed by atoms with E-state index in [1.807, 2.05) is 0 Å². The number of hydrogen-bond donors (Lipinski definition) is 0. The predicted octanol–water partition coefficient (Wildman–Crippen LogP) is 6.40. The average Bonchev–Trinajstić information content (AvgIpc) is 2.28. The van der Waals surface area contributed by atoms with E-state index in [-0.39, 0.29) is 0 Å². The van der Waals surface area contributed by atoms with Crippen LogP contribution in [0, 0.1) is 18.3 Å². The van der Waals surface area contributed by atoms with Crippen molar-refractivity contribution in [3.63, 3.8) is 0 Å². The van der Waals surface area contributed by atoms with Gasteiger partial charge in [0.2, 0.25) is 0 Å². The Labute approximate surface area is 111 Å². The van der Waals surface area contributed by atoms with Crippen molar-refractivity contribution in [1.82, 2.24) is 0 Å². The quantitative estimate of drug-likeness (QED) is 0.345. The summed E-state index contributed by atoms with van der Waals surface area (Å²) >= 11 is 0. The van der Waals surface area contributed by atoms with E-state index in [0.29, 0.717) is 0 Å². The Morgan fingerprint density at radius 2 is 1.29 bits per heavy atom. The zero-order valence-electron chi connectivity index (χ0n) is 12.8. The summed E-state index contributed by atoms with van der Waals surface area (Å²) in [5.41, 5.74) is 0. The molecule has 0 fully saturated rings. The summed E-state index contributed by atoms with van der Waals surface area (Å²) < 4.78 is 0. The first-order valence-corrected chi connectivity index (χ1v) is 8.02. The van der Waals surface area contributed by atoms with Crippen molar-refractivity contribution in [1.29, 1.82) is 0 Å². The van der Waals surface area contributed by atoms with Crippen molar-refractivity contribution in [2.24, 2.45) is 11.8 Å². The molecular weight excluding hydrogens is 204 g/mol. The molecule has 0 aromatic rings. The van der Waals surface area contributed by atoms with Crippen molar-refractivity contribution in [2.75, 3.05) is 0 Å². The van der Waals surface area contributed by atoms with Crippen molar-refractivity contribution in [3.05, 3.63) is 6.42 Å². The maximum absolute atomic E-state index is 2.52. The first kappa shape index (κ1) is 17.0. The van der Waals surface area contributed by atoms with Crippen LogP contribution in [0.4, 0.5) is 0 Å². The Morgan fingerprint density at radius 1 is 0.706 bits per heavy atom. The molecule has 0 aromatic carbocycles. The Kier molecular flexibility index (Phi) is 12.5. The van der Waals surface area contributed by atoms with E-state index in [9.17, 15) is 0 Å². The zero-order chi connectivity index (χ0) is 12.9. The third-order valence-corrected chi connectivity index (χ3v) is 3.78. The van der Waals surface area contributed by atoms with Crippen molar-refractivity contribution in [3.8, 4) is 0 Å². The van der Waals surface area contributed by atoms with Crippen LogP contribution in [-0.2, 0) is 0 Å². The van der Waals surface area contributed by atoms with Gasteiger partial charge in [-0.2, -0.15) is 0 Å². The third-order valence-electron chi connectivity index (χ3n) is 3.78. The SMILES string of the molecule is CCCC(C)CC[CH]CCCCC(C)CCC. The van der Waals surface area contributed by atoms with Crippen molar-refractivity contribution >= 4 is 0 Å². The van der Waals surface area contributed by atoms with E-state index < -0.39 is 0 Å². The second-order valence-electron chi connectivity index (χ2n) is 5.94. The summed E-state index contributed by atoms with van der Waals surface area (Å²) in [7, 11) is 0. The first-order chi connectivity index (χ1) is 8.20. The van der Waals surface area contributed by atoms with Gasteiger partial charge in [-0.3, -0.25) is 0 Å². The molecule has 0 bridgehead atoms. The maximum Gasteiger partial charge on any atom is -0.0386 e. The first-order valence-electron chi connectivity index (χ1n) is 8.02. The smallest absolute Gasteiger partial charge is 0.0386 e. The molecule has 0 amide bonds. The van der Waals surface area contributed by atoms with Crippen molar-refractivity contribution in [2.45, 2.75) is 91.9 Å². The van der Waals surface area contributed by atoms with E-state index >= 15 is 0 Å². The highest BCUT2D eigenvalue weighted by Gasteiger charge is 2.02. The second-order valence-corrected chi connectivity index (χ2v) is 5.94. The Hall–Kier alpha value is 0. The highest BCUT2D eigenvalue weighted by Crippen LogP contribution is 2.17. The number of hydrogen-bond acceptors (Lipinski definition) is 0. The Bertz CT molecular complexity index is 123. The number of rotatable bonds is 12. The van der Waals surface area contributed by atoms with Crippen LogP contribution in [0.25, 0.3) is 0 Å². The molecule has 0 heteroatoms. The topological polar surface area (TPSA) is 0 Å². The molecule has 17 heavy (non-hydrogen) atoms. The molecule has 0 saturated heterocycles. The molecule has 2 atom stereocenters. The molecule has 0 aliphatic carbocycles. The van der Waals surface area contributed by atoms with Crippen LogP contribution < -0.4 is 0 Å². The summed E-state index contributed by atoms with van der Waals surface area (Å²) in [6.45, 7) is 9.38. The van der Waals surface area contributed by atoms with E-state index in [0.717, 1.165) is 11.8 Å². The lowest BCUT2D eigenvalue weighted by Crippen LogP contribution is -1.95. The van der Waals surface area contributed by atoms with E-state index in [1.165, 1.54) is 64.2 Å². The van der Waals surface area contributed by atoms with Gasteiger partial charge >= 0.3 is 0 Å². The largest absolute Gasteiger partial charge is 0.0654 e. The predicted molar refractivity (Wildman–Crippen MR) is 80.1 cm³/mol. The van der Waals surface area contributed by atoms with Gasteiger partial charge in [0.05, 0.1) is 0 Å². The van der Waals surface area contributed by atoms with Gasteiger partial charge in [0.1, 0.15) is 0 Å². The molecule has 0 aliphatic heterocycles. The lowest BCUT2D eigenvalue weighted by atomic mass is 9.96. The molecular formula is C17H35. The van der Waals surface area contributed by atoms with Gasteiger partial charge in [0.25, 0.3) is 0 Å². The Balaban J connectivity index is 3.13. The summed E-state index contributed by atoms with van der Waals surface area (Å²) in [4.78, 5) is 0. The van der Waals surface area contributed by atoms with Crippen LogP contribution >= 0.6 is 0 Å². The molecule has 2 unspecified atom stereocenters. The molecule has 1 radical (unpaired) electrons. The lowest BCUT2D eigenvalue weighted by molar-refractivity contribution is 0.454. The number of unbranched alkanes of at least 4 members (excludes halogenated alkanes) is 4. The molecule has 0 rings (SSSR count). The molecule has 0 spiro atoms. The highest BCUT2D eigenvalue weighted by atomic mass is 14.1. The lowest BCUT2D eigenvalue weighted by Gasteiger charge is -2.10. The maximum atomic E-state index is 2.52. The van der Waals surface area contributed by atoms with E-state index in [4.69, 9.17) is 0 Å². The summed E-state index contributed by atoms with van der Waals surface area (Å²) in [6.07, 6.45) is 16.4. The minimum atomic E-state index is 0.931. The second kappa shape index (κ2) is 12.5. The van der Waals surface area contributed by atoms with Gasteiger partial charge < -0.3 is 0 Å². The van der Waals surface area contributed by atoms with Gasteiger partial charge in [-0.25, -0.2) is 0 Å². The Morgan fingerprint density at radius 3 is 1.88 bits per heavy atom. The fourth-order valence-electron chi connectivity index (χ4n) is 2.60. The van der Waals surface area contributed by atoms with Crippen LogP contribution in [0.3, 0.4) is 0 Å². The molecule has 0 saturated carbocycles. The average molecular weight is 239 g/mol. The fourth-order valence-corrected chi connectivity index (χ4v) is 2.60. The van der Waals surface area contributed by atoms with Crippen LogP contribution in [0.15, 0.2) is 0 Å². The normalized spacial score (nSPS) is 14.8. The third kappa shape index (κ3) is 12.2. The fraction of sp³-hybridized carbons (Fsp3) is 0.941. The molecule has 103 valence electrons.